The van der Waals surface area contributed by atoms with Crippen LogP contribution in [-0.2, 0) is 0 Å². The molecule has 5 nitrogen and oxygen atoms in total. The smallest absolute Gasteiger partial charge is 0.142 e. The number of benzene rings is 2. The van der Waals surface area contributed by atoms with Gasteiger partial charge in [0.2, 0.25) is 0 Å². The van der Waals surface area contributed by atoms with E-state index in [4.69, 9.17) is 16.3 Å². The Morgan fingerprint density at radius 1 is 0.906 bits per heavy atom. The number of ether oxygens (including phenoxy) is 1. The van der Waals surface area contributed by atoms with E-state index in [-0.39, 0.29) is 5.56 Å². The first-order valence-corrected chi connectivity index (χ1v) is 10.9. The fraction of sp³-hybridized carbons (Fsp3) is 0.0417. The van der Waals surface area contributed by atoms with E-state index in [9.17, 15) is 4.39 Å². The van der Waals surface area contributed by atoms with E-state index >= 15 is 0 Å². The number of thiazole rings is 1. The molecule has 0 bridgehead atoms. The van der Waals surface area contributed by atoms with Gasteiger partial charge in [-0.15, -0.1) is 11.3 Å². The molecule has 3 aromatic heterocycles. The summed E-state index contributed by atoms with van der Waals surface area (Å²) in [5, 5.41) is 1.13. The van der Waals surface area contributed by atoms with E-state index in [1.54, 1.807) is 43.0 Å². The van der Waals surface area contributed by atoms with Gasteiger partial charge >= 0.3 is 0 Å². The second-order valence-electron chi connectivity index (χ2n) is 6.93. The van der Waals surface area contributed by atoms with Crippen LogP contribution >= 0.6 is 22.9 Å². The molecule has 0 fully saturated rings. The van der Waals surface area contributed by atoms with Gasteiger partial charge in [0, 0.05) is 18.0 Å². The summed E-state index contributed by atoms with van der Waals surface area (Å²) in [7, 11) is 1.65. The highest BCUT2D eigenvalue weighted by Gasteiger charge is 2.14. The predicted octanol–water partition coefficient (Wildman–Crippen LogP) is 6.73. The van der Waals surface area contributed by atoms with Crippen LogP contribution in [0.3, 0.4) is 0 Å². The van der Waals surface area contributed by atoms with Gasteiger partial charge < -0.3 is 9.72 Å². The van der Waals surface area contributed by atoms with Gasteiger partial charge in [-0.05, 0) is 54.1 Å². The molecule has 0 amide bonds. The number of hydrogen-bond donors (Lipinski definition) is 1. The van der Waals surface area contributed by atoms with Crippen LogP contribution in [0.5, 0.6) is 5.75 Å². The van der Waals surface area contributed by atoms with Crippen molar-refractivity contribution >= 4 is 22.9 Å². The summed E-state index contributed by atoms with van der Waals surface area (Å²) in [4.78, 5) is 17.5. The van der Waals surface area contributed by atoms with Crippen molar-refractivity contribution in [1.29, 1.82) is 0 Å². The molecular weight excluding hydrogens is 447 g/mol. The van der Waals surface area contributed by atoms with E-state index in [2.05, 4.69) is 19.9 Å². The van der Waals surface area contributed by atoms with Gasteiger partial charge in [0.15, 0.2) is 0 Å². The maximum atomic E-state index is 14.2. The van der Waals surface area contributed by atoms with Crippen molar-refractivity contribution < 1.29 is 9.13 Å². The van der Waals surface area contributed by atoms with Crippen LogP contribution in [0.2, 0.25) is 5.02 Å². The van der Waals surface area contributed by atoms with Crippen molar-refractivity contribution in [2.45, 2.75) is 0 Å². The summed E-state index contributed by atoms with van der Waals surface area (Å²) >= 11 is 7.71. The number of nitrogens with one attached hydrogen (secondary N) is 1. The van der Waals surface area contributed by atoms with Gasteiger partial charge in [0.25, 0.3) is 0 Å². The van der Waals surface area contributed by atoms with Crippen molar-refractivity contribution in [1.82, 2.24) is 19.9 Å². The quantitative estimate of drug-likeness (QED) is 0.314. The average Bonchev–Trinajstić information content (AvgIpc) is 3.50. The molecule has 2 aromatic carbocycles. The second-order valence-corrected chi connectivity index (χ2v) is 8.37. The Morgan fingerprint density at radius 2 is 1.72 bits per heavy atom. The number of hydrogen-bond acceptors (Lipinski definition) is 5. The molecule has 8 heteroatoms. The number of aromatic amines is 1. The first-order chi connectivity index (χ1) is 15.6. The highest BCUT2D eigenvalue weighted by molar-refractivity contribution is 7.18. The molecule has 0 radical (unpaired) electrons. The monoisotopic (exact) mass is 462 g/mol. The summed E-state index contributed by atoms with van der Waals surface area (Å²) in [5.74, 6) is 0.759. The largest absolute Gasteiger partial charge is 0.497 e. The summed E-state index contributed by atoms with van der Waals surface area (Å²) in [5.41, 5.74) is 3.64. The van der Waals surface area contributed by atoms with E-state index in [1.807, 2.05) is 42.6 Å². The van der Waals surface area contributed by atoms with Crippen LogP contribution < -0.4 is 4.74 Å². The Morgan fingerprint density at radius 3 is 2.44 bits per heavy atom. The van der Waals surface area contributed by atoms with Crippen molar-refractivity contribution in [2.75, 3.05) is 7.11 Å². The fourth-order valence-corrected chi connectivity index (χ4v) is 4.43. The zero-order valence-corrected chi connectivity index (χ0v) is 18.4. The van der Waals surface area contributed by atoms with Gasteiger partial charge in [-0.2, -0.15) is 0 Å². The van der Waals surface area contributed by atoms with Crippen LogP contribution in [0.4, 0.5) is 4.39 Å². The van der Waals surface area contributed by atoms with Gasteiger partial charge in [0.05, 0.1) is 40.2 Å². The molecular formula is C24H16ClFN4OS. The third-order valence-electron chi connectivity index (χ3n) is 4.95. The summed E-state index contributed by atoms with van der Waals surface area (Å²) in [6.07, 6.45) is 5.22. The summed E-state index contributed by atoms with van der Waals surface area (Å²) in [6.45, 7) is 0. The Hall–Kier alpha value is -3.55. The predicted molar refractivity (Wildman–Crippen MR) is 125 cm³/mol. The van der Waals surface area contributed by atoms with Crippen LogP contribution in [0, 0.1) is 5.82 Å². The number of rotatable bonds is 5. The molecule has 32 heavy (non-hydrogen) atoms. The lowest BCUT2D eigenvalue weighted by Gasteiger charge is -2.02. The highest BCUT2D eigenvalue weighted by atomic mass is 35.5. The fourth-order valence-electron chi connectivity index (χ4n) is 3.28. The van der Waals surface area contributed by atoms with Gasteiger partial charge in [-0.25, -0.2) is 14.4 Å². The highest BCUT2D eigenvalue weighted by Crippen LogP contribution is 2.33. The lowest BCUT2D eigenvalue weighted by molar-refractivity contribution is 0.415. The molecule has 0 spiro atoms. The maximum Gasteiger partial charge on any atom is 0.142 e. The molecule has 0 unspecified atom stereocenters. The van der Waals surface area contributed by atoms with Crippen LogP contribution in [-0.4, -0.2) is 27.0 Å². The molecule has 0 saturated heterocycles. The normalized spacial score (nSPS) is 11.0. The van der Waals surface area contributed by atoms with E-state index in [0.29, 0.717) is 10.8 Å². The number of nitrogens with zero attached hydrogens (tertiary/aromatic N) is 3. The minimum absolute atomic E-state index is 0.249. The van der Waals surface area contributed by atoms with E-state index in [0.717, 1.165) is 38.1 Å². The number of H-pyrrole nitrogens is 1. The van der Waals surface area contributed by atoms with E-state index in [1.165, 1.54) is 6.07 Å². The van der Waals surface area contributed by atoms with Gasteiger partial charge in [-0.1, -0.05) is 17.7 Å². The molecule has 5 rings (SSSR count). The minimum Gasteiger partial charge on any atom is -0.497 e. The molecule has 0 saturated carbocycles. The number of pyridine rings is 1. The Labute approximate surface area is 192 Å². The topological polar surface area (TPSA) is 63.7 Å². The maximum absolute atomic E-state index is 14.2. The van der Waals surface area contributed by atoms with Crippen molar-refractivity contribution in [3.63, 3.8) is 0 Å². The van der Waals surface area contributed by atoms with Crippen molar-refractivity contribution in [3.05, 3.63) is 84.0 Å². The number of halogens is 2. The zero-order chi connectivity index (χ0) is 22.1. The van der Waals surface area contributed by atoms with Gasteiger partial charge in [0.1, 0.15) is 22.4 Å². The van der Waals surface area contributed by atoms with Crippen LogP contribution in [0.1, 0.15) is 0 Å². The molecule has 0 aliphatic rings. The first kappa shape index (κ1) is 20.4. The summed E-state index contributed by atoms with van der Waals surface area (Å²) in [6, 6.07) is 16.2. The molecule has 1 N–H and O–H groups in total. The average molecular weight is 463 g/mol. The Balaban J connectivity index is 1.38. The molecule has 3 heterocycles. The molecule has 0 aliphatic carbocycles. The second kappa shape index (κ2) is 8.53. The first-order valence-electron chi connectivity index (χ1n) is 9.69. The van der Waals surface area contributed by atoms with Crippen molar-refractivity contribution in [2.24, 2.45) is 0 Å². The van der Waals surface area contributed by atoms with Crippen molar-refractivity contribution in [3.8, 4) is 49.5 Å². The van der Waals surface area contributed by atoms with Crippen LogP contribution in [0.25, 0.3) is 43.8 Å². The minimum atomic E-state index is -0.427. The third-order valence-corrected chi connectivity index (χ3v) is 6.33. The van der Waals surface area contributed by atoms with Gasteiger partial charge in [-0.3, -0.25) is 4.98 Å². The molecule has 0 aliphatic heterocycles. The number of imidazole rings is 1. The molecule has 158 valence electrons. The molecule has 0 atom stereocenters. The third kappa shape index (κ3) is 3.88. The summed E-state index contributed by atoms with van der Waals surface area (Å²) < 4.78 is 19.4. The number of aromatic nitrogens is 4. The van der Waals surface area contributed by atoms with Crippen LogP contribution in [0.15, 0.2) is 73.2 Å². The standard InChI is InChI=1S/C24H16ClFN4OS/c1-31-16-8-5-14(6-9-16)21-13-29-24(32-21)19-10-7-15(11-27-19)20-12-28-23(30-20)22-17(25)3-2-4-18(22)26/h2-13H,1H3,(H,28,30). The zero-order valence-electron chi connectivity index (χ0n) is 16.8. The van der Waals surface area contributed by atoms with E-state index < -0.39 is 5.82 Å². The lowest BCUT2D eigenvalue weighted by atomic mass is 10.2. The number of methoxy groups -OCH3 is 1. The Kier molecular flexibility index (Phi) is 5.43. The molecule has 5 aromatic rings. The SMILES string of the molecule is COc1ccc(-c2cnc(-c3ccc(-c4cnc(-c5c(F)cccc5Cl)[nH]4)cn3)s2)cc1. The lowest BCUT2D eigenvalue weighted by Crippen LogP contribution is -1.88. The Bertz CT molecular complexity index is 1360.